The van der Waals surface area contributed by atoms with E-state index in [1.807, 2.05) is 19.9 Å². The molecule has 41 heavy (non-hydrogen) atoms. The maximum Gasteiger partial charge on any atom is 0.272 e. The van der Waals surface area contributed by atoms with Gasteiger partial charge < -0.3 is 26.0 Å². The molecule has 0 saturated carbocycles. The zero-order chi connectivity index (χ0) is 30.1. The van der Waals surface area contributed by atoms with E-state index in [1.54, 1.807) is 18.2 Å². The van der Waals surface area contributed by atoms with Crippen LogP contribution < -0.4 is 16.0 Å². The number of nitrogens with zero attached hydrogens (tertiary/aromatic N) is 1. The number of carbonyl (C=O) groups is 3. The maximum absolute atomic E-state index is 15.2. The van der Waals surface area contributed by atoms with Crippen molar-refractivity contribution < 1.29 is 32.7 Å². The Morgan fingerprint density at radius 1 is 1.15 bits per heavy atom. The van der Waals surface area contributed by atoms with Gasteiger partial charge in [0.1, 0.15) is 11.9 Å². The van der Waals surface area contributed by atoms with E-state index in [0.29, 0.717) is 29.0 Å². The maximum atomic E-state index is 15.2. The van der Waals surface area contributed by atoms with Crippen LogP contribution in [0.4, 0.5) is 18.9 Å². The number of alkyl halides is 2. The molecule has 4 rings (SSSR count). The van der Waals surface area contributed by atoms with E-state index in [1.165, 1.54) is 32.0 Å². The summed E-state index contributed by atoms with van der Waals surface area (Å²) in [5.41, 5.74) is 0.366. The number of nitrogens with one attached hydrogen (secondary N) is 3. The Hall–Kier alpha value is -3.60. The molecule has 4 N–H and O–H groups in total. The third-order valence-electron chi connectivity index (χ3n) is 7.93. The predicted octanol–water partition coefficient (Wildman–Crippen LogP) is 3.14. The first-order valence-electron chi connectivity index (χ1n) is 13.8. The number of halogens is 3. The van der Waals surface area contributed by atoms with Gasteiger partial charge in [-0.1, -0.05) is 45.9 Å². The van der Waals surface area contributed by atoms with E-state index in [2.05, 4.69) is 16.0 Å². The topological polar surface area (TPSA) is 111 Å². The van der Waals surface area contributed by atoms with Crippen LogP contribution in [0.3, 0.4) is 0 Å². The lowest BCUT2D eigenvalue weighted by Gasteiger charge is -2.34. The van der Waals surface area contributed by atoms with Crippen molar-refractivity contribution in [1.82, 2.24) is 15.5 Å². The second-order valence-corrected chi connectivity index (χ2v) is 11.8. The van der Waals surface area contributed by atoms with Crippen molar-refractivity contribution in [1.29, 1.82) is 0 Å². The summed E-state index contributed by atoms with van der Waals surface area (Å²) in [7, 11) is 0. The Bertz CT molecular complexity index is 1320. The molecule has 1 fully saturated rings. The van der Waals surface area contributed by atoms with E-state index in [-0.39, 0.29) is 18.9 Å². The van der Waals surface area contributed by atoms with Gasteiger partial charge in [0.15, 0.2) is 6.10 Å². The van der Waals surface area contributed by atoms with Crippen molar-refractivity contribution in [2.45, 2.75) is 64.6 Å². The molecule has 11 heteroatoms. The van der Waals surface area contributed by atoms with Crippen molar-refractivity contribution in [3.05, 3.63) is 65.0 Å². The molecule has 2 unspecified atom stereocenters. The zero-order valence-corrected chi connectivity index (χ0v) is 23.6. The highest BCUT2D eigenvalue weighted by atomic mass is 19.3. The number of rotatable bonds is 9. The van der Waals surface area contributed by atoms with E-state index in [9.17, 15) is 23.9 Å². The number of hydrogen-bond donors (Lipinski definition) is 4. The van der Waals surface area contributed by atoms with Crippen LogP contribution >= 0.6 is 0 Å². The second-order valence-electron chi connectivity index (χ2n) is 11.8. The minimum atomic E-state index is -3.43. The second kappa shape index (κ2) is 11.7. The Morgan fingerprint density at radius 2 is 1.85 bits per heavy atom. The number of carbonyl (C=O) groups excluding carboxylic acids is 3. The molecule has 0 spiro atoms. The van der Waals surface area contributed by atoms with Crippen LogP contribution in [0.25, 0.3) is 0 Å². The highest BCUT2D eigenvalue weighted by molar-refractivity contribution is 5.98. The lowest BCUT2D eigenvalue weighted by molar-refractivity contribution is -0.148. The van der Waals surface area contributed by atoms with Crippen molar-refractivity contribution >= 4 is 23.4 Å². The summed E-state index contributed by atoms with van der Waals surface area (Å²) in [5, 5.41) is 19.8. The predicted molar refractivity (Wildman–Crippen MR) is 148 cm³/mol. The number of aliphatic hydroxyl groups is 1. The van der Waals surface area contributed by atoms with Gasteiger partial charge >= 0.3 is 0 Å². The van der Waals surface area contributed by atoms with Gasteiger partial charge in [0, 0.05) is 24.3 Å². The molecule has 1 saturated heterocycles. The Labute approximate surface area is 237 Å². The normalized spacial score (nSPS) is 20.2. The first-order valence-corrected chi connectivity index (χ1v) is 13.8. The van der Waals surface area contributed by atoms with E-state index in [4.69, 9.17) is 0 Å². The minimum Gasteiger partial charge on any atom is -0.384 e. The summed E-state index contributed by atoms with van der Waals surface area (Å²) in [4.78, 5) is 40.9. The van der Waals surface area contributed by atoms with Gasteiger partial charge in [-0.15, -0.1) is 0 Å². The molecule has 0 aromatic heterocycles. The van der Waals surface area contributed by atoms with Gasteiger partial charge in [-0.05, 0) is 54.2 Å². The lowest BCUT2D eigenvalue weighted by atomic mass is 9.81. The summed E-state index contributed by atoms with van der Waals surface area (Å²) < 4.78 is 44.3. The molecular weight excluding hydrogens is 537 g/mol. The van der Waals surface area contributed by atoms with E-state index in [0.717, 1.165) is 11.3 Å². The number of amides is 3. The van der Waals surface area contributed by atoms with Gasteiger partial charge in [0.25, 0.3) is 17.7 Å². The molecule has 2 aromatic carbocycles. The SMILES string of the molecule is CC(C)CNC(=O)C1N(C(=O)[C@@H](O)C(Cc2cccc(F)c2)NC(=O)c2cccc3c2CCN3)CC(F)(F)C1(C)C. The average molecular weight is 575 g/mol. The molecule has 2 aliphatic rings. The van der Waals surface area contributed by atoms with Crippen LogP contribution in [-0.4, -0.2) is 71.5 Å². The van der Waals surface area contributed by atoms with Crippen molar-refractivity contribution in [2.24, 2.45) is 11.3 Å². The summed E-state index contributed by atoms with van der Waals surface area (Å²) in [6.45, 7) is 5.90. The number of hydrogen-bond acceptors (Lipinski definition) is 5. The molecule has 222 valence electrons. The van der Waals surface area contributed by atoms with Gasteiger partial charge in [0.2, 0.25) is 5.91 Å². The number of likely N-dealkylation sites (tertiary alicyclic amines) is 1. The van der Waals surface area contributed by atoms with Crippen LogP contribution in [0.1, 0.15) is 49.2 Å². The largest absolute Gasteiger partial charge is 0.384 e. The van der Waals surface area contributed by atoms with Gasteiger partial charge in [0.05, 0.1) is 18.0 Å². The molecule has 0 radical (unpaired) electrons. The van der Waals surface area contributed by atoms with E-state index < -0.39 is 59.6 Å². The summed E-state index contributed by atoms with van der Waals surface area (Å²) in [5.74, 6) is -6.39. The molecule has 8 nitrogen and oxygen atoms in total. The first kappa shape index (κ1) is 30.4. The Kier molecular flexibility index (Phi) is 8.67. The smallest absolute Gasteiger partial charge is 0.272 e. The lowest BCUT2D eigenvalue weighted by Crippen LogP contribution is -2.58. The molecule has 0 aliphatic carbocycles. The Morgan fingerprint density at radius 3 is 2.54 bits per heavy atom. The molecule has 3 amide bonds. The minimum absolute atomic E-state index is 0.0409. The van der Waals surface area contributed by atoms with Crippen molar-refractivity contribution in [3.8, 4) is 0 Å². The molecule has 2 heterocycles. The van der Waals surface area contributed by atoms with Crippen molar-refractivity contribution in [2.75, 3.05) is 25.0 Å². The fraction of sp³-hybridized carbons (Fsp3) is 0.500. The van der Waals surface area contributed by atoms with Crippen LogP contribution in [0.5, 0.6) is 0 Å². The van der Waals surface area contributed by atoms with Gasteiger partial charge in [-0.3, -0.25) is 14.4 Å². The third-order valence-corrected chi connectivity index (χ3v) is 7.93. The molecule has 3 atom stereocenters. The standard InChI is InChI=1S/C30H37F3N4O4/c1-17(2)15-35-27(40)25-29(3,4)30(32,33)16-37(25)28(41)24(38)23(14-18-7-5-8-19(31)13-18)36-26(39)21-9-6-10-22-20(21)11-12-34-22/h5-10,13,17,23-25,34,38H,11-12,14-16H2,1-4H3,(H,35,40)(H,36,39)/t23?,24-,25?/m0/s1. The van der Waals surface area contributed by atoms with E-state index >= 15 is 8.78 Å². The summed E-state index contributed by atoms with van der Waals surface area (Å²) >= 11 is 0. The van der Waals surface area contributed by atoms with Crippen LogP contribution in [0.2, 0.25) is 0 Å². The number of fused-ring (bicyclic) bond motifs is 1. The van der Waals surface area contributed by atoms with Crippen LogP contribution in [0.15, 0.2) is 42.5 Å². The molecule has 0 bridgehead atoms. The number of aliphatic hydroxyl groups excluding tert-OH is 1. The fourth-order valence-electron chi connectivity index (χ4n) is 5.48. The molecule has 2 aliphatic heterocycles. The third kappa shape index (κ3) is 6.19. The van der Waals surface area contributed by atoms with Gasteiger partial charge in [-0.2, -0.15) is 0 Å². The number of benzene rings is 2. The monoisotopic (exact) mass is 574 g/mol. The summed E-state index contributed by atoms with van der Waals surface area (Å²) in [6, 6.07) is 7.74. The first-order chi connectivity index (χ1) is 19.2. The number of anilines is 1. The average Bonchev–Trinajstić information content (AvgIpc) is 3.45. The zero-order valence-electron chi connectivity index (χ0n) is 23.6. The quantitative estimate of drug-likeness (QED) is 0.368. The Balaban J connectivity index is 1.64. The fourth-order valence-corrected chi connectivity index (χ4v) is 5.48. The van der Waals surface area contributed by atoms with Gasteiger partial charge in [-0.25, -0.2) is 13.2 Å². The van der Waals surface area contributed by atoms with Crippen molar-refractivity contribution in [3.63, 3.8) is 0 Å². The highest BCUT2D eigenvalue weighted by Gasteiger charge is 2.64. The molecular formula is C30H37F3N4O4. The highest BCUT2D eigenvalue weighted by Crippen LogP contribution is 2.48. The van der Waals surface area contributed by atoms with Crippen LogP contribution in [-0.2, 0) is 22.4 Å². The summed E-state index contributed by atoms with van der Waals surface area (Å²) in [6.07, 6.45) is -1.57. The molecule has 2 aromatic rings. The van der Waals surface area contributed by atoms with Crippen LogP contribution in [0, 0.1) is 17.2 Å².